The quantitative estimate of drug-likeness (QED) is 0.619. The molecule has 0 aliphatic heterocycles. The Kier molecular flexibility index (Phi) is 4.59. The van der Waals surface area contributed by atoms with Crippen molar-refractivity contribution in [3.8, 4) is 16.2 Å². The highest BCUT2D eigenvalue weighted by molar-refractivity contribution is 7.22. The highest BCUT2D eigenvalue weighted by atomic mass is 32.1. The van der Waals surface area contributed by atoms with Crippen LogP contribution in [0.2, 0.25) is 0 Å². The van der Waals surface area contributed by atoms with Crippen molar-refractivity contribution in [2.45, 2.75) is 6.42 Å². The highest BCUT2D eigenvalue weighted by Gasteiger charge is 2.06. The SMILES string of the molecule is CNc1ccc(-c2cc3ccc(OCCC[18F])cc3s2)cc1. The Hall–Kier alpha value is -2.07. The van der Waals surface area contributed by atoms with Crippen molar-refractivity contribution in [1.82, 2.24) is 0 Å². The number of ether oxygens (including phenoxy) is 1. The van der Waals surface area contributed by atoms with Crippen LogP contribution in [-0.4, -0.2) is 20.3 Å². The van der Waals surface area contributed by atoms with Gasteiger partial charge in [0, 0.05) is 28.7 Å². The van der Waals surface area contributed by atoms with E-state index >= 15 is 0 Å². The molecule has 0 aliphatic rings. The van der Waals surface area contributed by atoms with Gasteiger partial charge in [0.15, 0.2) is 0 Å². The molecule has 1 aromatic heterocycles. The molecule has 2 nitrogen and oxygen atoms in total. The molecular weight excluding hydrogens is 296 g/mol. The van der Waals surface area contributed by atoms with E-state index in [9.17, 15) is 4.39 Å². The molecule has 0 fully saturated rings. The maximum absolute atomic E-state index is 12.1. The van der Waals surface area contributed by atoms with E-state index in [1.807, 2.05) is 19.2 Å². The van der Waals surface area contributed by atoms with Crippen LogP contribution in [0.1, 0.15) is 6.42 Å². The van der Waals surface area contributed by atoms with Crippen LogP contribution in [0.25, 0.3) is 20.5 Å². The molecule has 0 amide bonds. The van der Waals surface area contributed by atoms with Gasteiger partial charge in [0.05, 0.1) is 13.3 Å². The topological polar surface area (TPSA) is 21.3 Å². The van der Waals surface area contributed by atoms with E-state index < -0.39 is 0 Å². The van der Waals surface area contributed by atoms with Crippen molar-refractivity contribution in [2.75, 3.05) is 25.6 Å². The monoisotopic (exact) mass is 314 g/mol. The fraction of sp³-hybridized carbons (Fsp3) is 0.222. The fourth-order valence-electron chi connectivity index (χ4n) is 2.29. The van der Waals surface area contributed by atoms with Crippen molar-refractivity contribution in [3.05, 3.63) is 48.5 Å². The molecule has 114 valence electrons. The van der Waals surface area contributed by atoms with Gasteiger partial charge in [-0.1, -0.05) is 12.1 Å². The lowest BCUT2D eigenvalue weighted by atomic mass is 10.1. The number of alkyl halides is 1. The standard InChI is InChI=1S/C18H18FNOS/c1-20-15-6-3-13(4-7-15)17-11-14-5-8-16(12-18(14)22-17)21-10-2-9-19/h3-8,11-12,20H,2,9-10H2,1H3/i19-1. The lowest BCUT2D eigenvalue weighted by molar-refractivity contribution is 0.290. The largest absolute Gasteiger partial charge is 0.493 e. The van der Waals surface area contributed by atoms with Crippen LogP contribution in [0.4, 0.5) is 10.1 Å². The number of rotatable bonds is 6. The van der Waals surface area contributed by atoms with Crippen molar-refractivity contribution in [1.29, 1.82) is 0 Å². The van der Waals surface area contributed by atoms with Gasteiger partial charge in [-0.25, -0.2) is 0 Å². The van der Waals surface area contributed by atoms with E-state index in [-0.39, 0.29) is 6.67 Å². The number of halogens is 1. The first-order valence-corrected chi connectivity index (χ1v) is 8.12. The maximum atomic E-state index is 12.1. The summed E-state index contributed by atoms with van der Waals surface area (Å²) >= 11 is 1.74. The highest BCUT2D eigenvalue weighted by Crippen LogP contribution is 2.35. The zero-order valence-electron chi connectivity index (χ0n) is 12.4. The van der Waals surface area contributed by atoms with Gasteiger partial charge >= 0.3 is 0 Å². The second-order valence-corrected chi connectivity index (χ2v) is 6.11. The first kappa shape index (κ1) is 14.9. The van der Waals surface area contributed by atoms with Crippen LogP contribution < -0.4 is 10.1 Å². The second kappa shape index (κ2) is 6.79. The molecule has 1 N–H and O–H groups in total. The number of hydrogen-bond acceptors (Lipinski definition) is 3. The molecule has 3 rings (SSSR count). The van der Waals surface area contributed by atoms with E-state index in [4.69, 9.17) is 4.74 Å². The average Bonchev–Trinajstić information content (AvgIpc) is 2.98. The Bertz CT molecular complexity index is 751. The maximum Gasteiger partial charge on any atom is 0.120 e. The molecule has 0 spiro atoms. The zero-order chi connectivity index (χ0) is 15.4. The molecule has 0 unspecified atom stereocenters. The molecule has 0 atom stereocenters. The van der Waals surface area contributed by atoms with Gasteiger partial charge in [-0.2, -0.15) is 0 Å². The smallest absolute Gasteiger partial charge is 0.120 e. The van der Waals surface area contributed by atoms with Crippen LogP contribution >= 0.6 is 11.3 Å². The van der Waals surface area contributed by atoms with E-state index in [1.165, 1.54) is 20.5 Å². The summed E-state index contributed by atoms with van der Waals surface area (Å²) in [4.78, 5) is 1.23. The van der Waals surface area contributed by atoms with Gasteiger partial charge in [-0.15, -0.1) is 11.3 Å². The van der Waals surface area contributed by atoms with Crippen LogP contribution in [0.3, 0.4) is 0 Å². The molecule has 22 heavy (non-hydrogen) atoms. The summed E-state index contributed by atoms with van der Waals surface area (Å²) < 4.78 is 18.9. The predicted molar refractivity (Wildman–Crippen MR) is 92.9 cm³/mol. The Morgan fingerprint density at radius 2 is 1.91 bits per heavy atom. The molecular formula is C18H18FNOS. The Labute approximate surface area is 133 Å². The molecule has 2 aromatic carbocycles. The van der Waals surface area contributed by atoms with E-state index in [0.717, 1.165) is 11.4 Å². The summed E-state index contributed by atoms with van der Waals surface area (Å²) in [7, 11) is 1.92. The summed E-state index contributed by atoms with van der Waals surface area (Å²) in [5.74, 6) is 0.805. The minimum Gasteiger partial charge on any atom is -0.493 e. The van der Waals surface area contributed by atoms with Gasteiger partial charge in [0.2, 0.25) is 0 Å². The van der Waals surface area contributed by atoms with Crippen molar-refractivity contribution in [2.24, 2.45) is 0 Å². The minimum atomic E-state index is -0.339. The molecule has 4 heteroatoms. The number of anilines is 1. The van der Waals surface area contributed by atoms with Crippen molar-refractivity contribution in [3.63, 3.8) is 0 Å². The van der Waals surface area contributed by atoms with E-state index in [0.29, 0.717) is 13.0 Å². The Balaban J connectivity index is 1.85. The number of fused-ring (bicyclic) bond motifs is 1. The molecule has 0 bridgehead atoms. The van der Waals surface area contributed by atoms with Gasteiger partial charge in [0.25, 0.3) is 0 Å². The van der Waals surface area contributed by atoms with Crippen molar-refractivity contribution >= 4 is 27.1 Å². The van der Waals surface area contributed by atoms with Gasteiger partial charge in [0.1, 0.15) is 5.75 Å². The van der Waals surface area contributed by atoms with Gasteiger partial charge < -0.3 is 10.1 Å². The summed E-state index contributed by atoms with van der Waals surface area (Å²) in [6.45, 7) is 0.0831. The third-order valence-electron chi connectivity index (χ3n) is 3.50. The van der Waals surface area contributed by atoms with Crippen LogP contribution in [0.5, 0.6) is 5.75 Å². The molecule has 3 aromatic rings. The van der Waals surface area contributed by atoms with Crippen LogP contribution in [0, 0.1) is 0 Å². The number of hydrogen-bond donors (Lipinski definition) is 1. The van der Waals surface area contributed by atoms with E-state index in [2.05, 4.69) is 41.7 Å². The fourth-order valence-corrected chi connectivity index (χ4v) is 3.39. The third-order valence-corrected chi connectivity index (χ3v) is 4.64. The normalized spacial score (nSPS) is 10.8. The summed E-state index contributed by atoms with van der Waals surface area (Å²) in [5.41, 5.74) is 2.31. The summed E-state index contributed by atoms with van der Waals surface area (Å²) in [6, 6.07) is 16.6. The van der Waals surface area contributed by atoms with Gasteiger partial charge in [-0.05, 0) is 47.3 Å². The molecule has 0 saturated heterocycles. The van der Waals surface area contributed by atoms with Gasteiger partial charge in [-0.3, -0.25) is 4.39 Å². The lowest BCUT2D eigenvalue weighted by Gasteiger charge is -2.03. The molecule has 1 heterocycles. The lowest BCUT2D eigenvalue weighted by Crippen LogP contribution is -1.97. The van der Waals surface area contributed by atoms with Crippen LogP contribution in [0.15, 0.2) is 48.5 Å². The number of thiophene rings is 1. The first-order chi connectivity index (χ1) is 10.8. The zero-order valence-corrected chi connectivity index (χ0v) is 13.3. The predicted octanol–water partition coefficient (Wildman–Crippen LogP) is 5.35. The third kappa shape index (κ3) is 3.22. The first-order valence-electron chi connectivity index (χ1n) is 7.31. The Morgan fingerprint density at radius 3 is 2.64 bits per heavy atom. The van der Waals surface area contributed by atoms with Crippen molar-refractivity contribution < 1.29 is 9.13 Å². The minimum absolute atomic E-state index is 0.339. The number of nitrogens with one attached hydrogen (secondary N) is 1. The van der Waals surface area contributed by atoms with E-state index in [1.54, 1.807) is 11.3 Å². The average molecular weight is 314 g/mol. The molecule has 0 radical (unpaired) electrons. The molecule has 0 aliphatic carbocycles. The molecule has 0 saturated carbocycles. The number of benzene rings is 2. The summed E-state index contributed by atoms with van der Waals surface area (Å²) in [5, 5.41) is 4.33. The van der Waals surface area contributed by atoms with Crippen LogP contribution in [-0.2, 0) is 0 Å². The summed E-state index contributed by atoms with van der Waals surface area (Å²) in [6.07, 6.45) is 0.436. The second-order valence-electron chi connectivity index (χ2n) is 5.03. The Morgan fingerprint density at radius 1 is 1.09 bits per heavy atom.